The summed E-state index contributed by atoms with van der Waals surface area (Å²) < 4.78 is 2.28. The predicted molar refractivity (Wildman–Crippen MR) is 75.9 cm³/mol. The molecule has 0 amide bonds. The van der Waals surface area contributed by atoms with E-state index in [0.717, 1.165) is 13.1 Å². The Labute approximate surface area is 110 Å². The number of rotatable bonds is 4. The van der Waals surface area contributed by atoms with E-state index in [0.29, 0.717) is 0 Å². The lowest BCUT2D eigenvalue weighted by Crippen LogP contribution is -2.05. The van der Waals surface area contributed by atoms with E-state index < -0.39 is 0 Å². The first-order valence-corrected chi connectivity index (χ1v) is 6.84. The van der Waals surface area contributed by atoms with Crippen LogP contribution in [0.3, 0.4) is 0 Å². The number of aromatic nitrogens is 2. The second-order valence-corrected chi connectivity index (χ2v) is 5.31. The van der Waals surface area contributed by atoms with Crippen LogP contribution in [0.1, 0.15) is 10.4 Å². The minimum atomic E-state index is 0.900. The molecule has 18 heavy (non-hydrogen) atoms. The Morgan fingerprint density at radius 3 is 3.06 bits per heavy atom. The van der Waals surface area contributed by atoms with Gasteiger partial charge in [-0.3, -0.25) is 4.98 Å². The highest BCUT2D eigenvalue weighted by atomic mass is 32.1. The van der Waals surface area contributed by atoms with Gasteiger partial charge in [0, 0.05) is 29.3 Å². The zero-order valence-electron chi connectivity index (χ0n) is 10.3. The lowest BCUT2D eigenvalue weighted by atomic mass is 10.1. The number of nitrogens with one attached hydrogen (secondary N) is 1. The van der Waals surface area contributed by atoms with Gasteiger partial charge in [-0.15, -0.1) is 11.3 Å². The number of hydrogen-bond donors (Lipinski definition) is 1. The molecular formula is C14H15N3S. The Kier molecular flexibility index (Phi) is 3.13. The van der Waals surface area contributed by atoms with Gasteiger partial charge in [0.25, 0.3) is 0 Å². The summed E-state index contributed by atoms with van der Waals surface area (Å²) in [6, 6.07) is 8.79. The van der Waals surface area contributed by atoms with Gasteiger partial charge in [0.05, 0.1) is 12.1 Å². The molecule has 2 aromatic heterocycles. The fourth-order valence-corrected chi connectivity index (χ4v) is 2.76. The second-order valence-electron chi connectivity index (χ2n) is 4.33. The quantitative estimate of drug-likeness (QED) is 0.779. The van der Waals surface area contributed by atoms with Gasteiger partial charge in [0.15, 0.2) is 0 Å². The van der Waals surface area contributed by atoms with E-state index in [4.69, 9.17) is 0 Å². The summed E-state index contributed by atoms with van der Waals surface area (Å²) in [6.45, 7) is 1.80. The summed E-state index contributed by atoms with van der Waals surface area (Å²) in [7, 11) is 1.97. The van der Waals surface area contributed by atoms with E-state index in [1.807, 2.05) is 18.8 Å². The maximum absolute atomic E-state index is 4.12. The van der Waals surface area contributed by atoms with E-state index in [-0.39, 0.29) is 0 Å². The van der Waals surface area contributed by atoms with Crippen molar-refractivity contribution in [1.29, 1.82) is 0 Å². The third kappa shape index (κ3) is 2.17. The molecule has 0 saturated carbocycles. The van der Waals surface area contributed by atoms with Crippen LogP contribution >= 0.6 is 11.3 Å². The maximum Gasteiger partial charge on any atom is 0.0794 e. The average Bonchev–Trinajstić information content (AvgIpc) is 3.01. The van der Waals surface area contributed by atoms with E-state index in [9.17, 15) is 0 Å². The highest BCUT2D eigenvalue weighted by Crippen LogP contribution is 2.20. The average molecular weight is 257 g/mol. The molecule has 3 rings (SSSR count). The van der Waals surface area contributed by atoms with Gasteiger partial charge >= 0.3 is 0 Å². The maximum atomic E-state index is 4.12. The molecule has 3 nitrogen and oxygen atoms in total. The molecule has 4 heteroatoms. The first kappa shape index (κ1) is 11.4. The Morgan fingerprint density at radius 2 is 2.28 bits per heavy atom. The minimum Gasteiger partial charge on any atom is -0.342 e. The monoisotopic (exact) mass is 257 g/mol. The van der Waals surface area contributed by atoms with Crippen molar-refractivity contribution in [3.8, 4) is 0 Å². The predicted octanol–water partition coefficient (Wildman–Crippen LogP) is 2.87. The Morgan fingerprint density at radius 1 is 1.33 bits per heavy atom. The first-order valence-electron chi connectivity index (χ1n) is 5.96. The van der Waals surface area contributed by atoms with Crippen LogP contribution in [0.25, 0.3) is 10.9 Å². The molecule has 0 saturated heterocycles. The van der Waals surface area contributed by atoms with Crippen LogP contribution in [0.2, 0.25) is 0 Å². The molecular weight excluding hydrogens is 242 g/mol. The molecule has 3 aromatic rings. The molecule has 0 radical (unpaired) electrons. The Bertz CT molecular complexity index is 640. The highest BCUT2D eigenvalue weighted by Gasteiger charge is 2.04. The molecule has 0 bridgehead atoms. The first-order chi connectivity index (χ1) is 8.86. The summed E-state index contributed by atoms with van der Waals surface area (Å²) in [4.78, 5) is 5.41. The summed E-state index contributed by atoms with van der Waals surface area (Å²) in [5, 5.41) is 4.48. The smallest absolute Gasteiger partial charge is 0.0794 e. The van der Waals surface area contributed by atoms with Crippen LogP contribution in [0.4, 0.5) is 0 Å². The molecule has 1 N–H and O–H groups in total. The van der Waals surface area contributed by atoms with Crippen LogP contribution in [0.5, 0.6) is 0 Å². The number of thiazole rings is 1. The van der Waals surface area contributed by atoms with Gasteiger partial charge in [0.1, 0.15) is 0 Å². The minimum absolute atomic E-state index is 0.900. The molecule has 0 aliphatic heterocycles. The van der Waals surface area contributed by atoms with Crippen molar-refractivity contribution < 1.29 is 0 Å². The Balaban J connectivity index is 1.98. The molecule has 0 fully saturated rings. The van der Waals surface area contributed by atoms with Crippen molar-refractivity contribution in [1.82, 2.24) is 14.9 Å². The van der Waals surface area contributed by atoms with Crippen LogP contribution in [-0.2, 0) is 13.1 Å². The second kappa shape index (κ2) is 4.92. The van der Waals surface area contributed by atoms with E-state index in [2.05, 4.69) is 45.3 Å². The Hall–Kier alpha value is -1.65. The number of benzene rings is 1. The van der Waals surface area contributed by atoms with Gasteiger partial charge in [0.2, 0.25) is 0 Å². The number of nitrogens with zero attached hydrogens (tertiary/aromatic N) is 2. The molecule has 0 spiro atoms. The van der Waals surface area contributed by atoms with E-state index in [1.54, 1.807) is 11.3 Å². The van der Waals surface area contributed by atoms with Crippen molar-refractivity contribution in [3.63, 3.8) is 0 Å². The topological polar surface area (TPSA) is 29.9 Å². The molecule has 0 aliphatic carbocycles. The molecule has 1 aromatic carbocycles. The summed E-state index contributed by atoms with van der Waals surface area (Å²) in [5.74, 6) is 0. The molecule has 92 valence electrons. The van der Waals surface area contributed by atoms with Crippen LogP contribution < -0.4 is 5.32 Å². The van der Waals surface area contributed by atoms with Gasteiger partial charge < -0.3 is 9.88 Å². The van der Waals surface area contributed by atoms with E-state index in [1.165, 1.54) is 21.3 Å². The molecule has 0 aliphatic rings. The van der Waals surface area contributed by atoms with Crippen molar-refractivity contribution in [2.75, 3.05) is 7.05 Å². The summed E-state index contributed by atoms with van der Waals surface area (Å²) in [6.07, 6.45) is 4.08. The van der Waals surface area contributed by atoms with Gasteiger partial charge in [-0.25, -0.2) is 0 Å². The summed E-state index contributed by atoms with van der Waals surface area (Å²) >= 11 is 1.70. The molecule has 0 atom stereocenters. The number of hydrogen-bond acceptors (Lipinski definition) is 3. The normalized spacial score (nSPS) is 11.2. The van der Waals surface area contributed by atoms with Crippen molar-refractivity contribution >= 4 is 22.2 Å². The van der Waals surface area contributed by atoms with Gasteiger partial charge in [-0.1, -0.05) is 12.1 Å². The lowest BCUT2D eigenvalue weighted by molar-refractivity contribution is 0.814. The zero-order chi connectivity index (χ0) is 12.4. The lowest BCUT2D eigenvalue weighted by Gasteiger charge is -2.05. The third-order valence-electron chi connectivity index (χ3n) is 3.03. The molecule has 0 unspecified atom stereocenters. The van der Waals surface area contributed by atoms with Crippen molar-refractivity contribution in [2.45, 2.75) is 13.1 Å². The molecule has 2 heterocycles. The van der Waals surface area contributed by atoms with Crippen LogP contribution in [-0.4, -0.2) is 16.6 Å². The third-order valence-corrected chi connectivity index (χ3v) is 3.79. The van der Waals surface area contributed by atoms with Crippen LogP contribution in [0, 0.1) is 0 Å². The SMILES string of the molecule is CNCc1ccc2ccn(Cc3cncs3)c2c1. The largest absolute Gasteiger partial charge is 0.342 e. The van der Waals surface area contributed by atoms with Crippen LogP contribution in [0.15, 0.2) is 42.2 Å². The van der Waals surface area contributed by atoms with Crippen molar-refractivity contribution in [2.24, 2.45) is 0 Å². The standard InChI is InChI=1S/C14H15N3S/c1-15-7-11-2-3-12-4-5-17(14(12)6-11)9-13-8-16-10-18-13/h2-6,8,10,15H,7,9H2,1H3. The summed E-state index contributed by atoms with van der Waals surface area (Å²) in [5.41, 5.74) is 4.48. The van der Waals surface area contributed by atoms with Crippen molar-refractivity contribution in [3.05, 3.63) is 52.6 Å². The van der Waals surface area contributed by atoms with E-state index >= 15 is 0 Å². The number of fused-ring (bicyclic) bond motifs is 1. The van der Waals surface area contributed by atoms with Gasteiger partial charge in [-0.2, -0.15) is 0 Å². The van der Waals surface area contributed by atoms with Gasteiger partial charge in [-0.05, 0) is 30.1 Å². The fraction of sp³-hybridized carbons (Fsp3) is 0.214. The zero-order valence-corrected chi connectivity index (χ0v) is 11.1. The fourth-order valence-electron chi connectivity index (χ4n) is 2.17. The highest BCUT2D eigenvalue weighted by molar-refractivity contribution is 7.09.